The Morgan fingerprint density at radius 3 is 2.41 bits per heavy atom. The number of thioether (sulfide) groups is 1. The summed E-state index contributed by atoms with van der Waals surface area (Å²) in [6, 6.07) is -0.869. The number of β-amino-alcohol motifs (C(OH)–C–C–N with tert-alkyl or cyclic N) is 1. The van der Waals surface area contributed by atoms with Gasteiger partial charge in [0.05, 0.1) is 18.2 Å². The molecule has 8 nitrogen and oxygen atoms in total. The van der Waals surface area contributed by atoms with Gasteiger partial charge in [-0.2, -0.15) is 0 Å². The highest BCUT2D eigenvalue weighted by Gasteiger charge is 2.48. The summed E-state index contributed by atoms with van der Waals surface area (Å²) in [5, 5.41) is 44.1. The Kier molecular flexibility index (Phi) is 11.2. The molecule has 0 bridgehead atoms. The zero-order chi connectivity index (χ0) is 24.0. The van der Waals surface area contributed by atoms with Gasteiger partial charge in [-0.15, -0.1) is 11.8 Å². The minimum absolute atomic E-state index is 0.0597. The van der Waals surface area contributed by atoms with Crippen LogP contribution in [0, 0.1) is 11.8 Å². The largest absolute Gasteiger partial charge is 0.392 e. The first-order valence-electron chi connectivity index (χ1n) is 12.1. The van der Waals surface area contributed by atoms with E-state index in [4.69, 9.17) is 4.74 Å². The van der Waals surface area contributed by atoms with Gasteiger partial charge in [-0.05, 0) is 37.9 Å². The zero-order valence-electron chi connectivity index (χ0n) is 20.2. The van der Waals surface area contributed by atoms with Gasteiger partial charge in [-0.1, -0.05) is 40.0 Å². The predicted octanol–water partition coefficient (Wildman–Crippen LogP) is 0.949. The third kappa shape index (κ3) is 7.04. The fourth-order valence-electron chi connectivity index (χ4n) is 4.96. The number of nitrogens with one attached hydrogen (secondary N) is 1. The Balaban J connectivity index is 2.12. The van der Waals surface area contributed by atoms with E-state index in [2.05, 4.69) is 17.1 Å². The van der Waals surface area contributed by atoms with E-state index < -0.39 is 42.0 Å². The van der Waals surface area contributed by atoms with E-state index in [1.807, 2.05) is 13.8 Å². The average molecular weight is 477 g/mol. The molecular formula is C23H44N2O6S. The standard InChI is InChI=1S/C23H44N2O6S/c1-6-7-8-9-15-10-16(25(12-15)11-14(4)26)22(30)24-17(13(2)3)21-19(28)18(27)20(29)23(31-21)32-5/h13-21,23,26-29H,6-12H2,1-5H3,(H,24,30)/t14?,15-,16+,17-,18+,19-,20-,21-,23-/m1/s1. The molecular weight excluding hydrogens is 432 g/mol. The van der Waals surface area contributed by atoms with Crippen molar-refractivity contribution >= 4 is 17.7 Å². The first-order valence-corrected chi connectivity index (χ1v) is 13.3. The molecule has 1 unspecified atom stereocenters. The third-order valence-electron chi connectivity index (χ3n) is 6.73. The van der Waals surface area contributed by atoms with Crippen LogP contribution in [0.4, 0.5) is 0 Å². The number of carbonyl (C=O) groups is 1. The Morgan fingerprint density at radius 2 is 1.84 bits per heavy atom. The zero-order valence-corrected chi connectivity index (χ0v) is 21.0. The van der Waals surface area contributed by atoms with Crippen molar-refractivity contribution in [2.24, 2.45) is 11.8 Å². The highest BCUT2D eigenvalue weighted by Crippen LogP contribution is 2.32. The normalized spacial score (nSPS) is 35.8. The van der Waals surface area contributed by atoms with E-state index in [1.165, 1.54) is 18.2 Å². The number of hydrogen-bond acceptors (Lipinski definition) is 8. The van der Waals surface area contributed by atoms with Gasteiger partial charge in [0.2, 0.25) is 5.91 Å². The van der Waals surface area contributed by atoms with Gasteiger partial charge in [-0.3, -0.25) is 9.69 Å². The number of hydrogen-bond donors (Lipinski definition) is 5. The van der Waals surface area contributed by atoms with Crippen LogP contribution >= 0.6 is 11.8 Å². The van der Waals surface area contributed by atoms with E-state index in [9.17, 15) is 25.2 Å². The molecule has 0 aromatic heterocycles. The lowest BCUT2D eigenvalue weighted by atomic mass is 9.88. The van der Waals surface area contributed by atoms with E-state index in [-0.39, 0.29) is 17.9 Å². The van der Waals surface area contributed by atoms with Gasteiger partial charge >= 0.3 is 0 Å². The van der Waals surface area contributed by atoms with Crippen LogP contribution in [0.3, 0.4) is 0 Å². The fraction of sp³-hybridized carbons (Fsp3) is 0.957. The van der Waals surface area contributed by atoms with Crippen molar-refractivity contribution in [1.29, 1.82) is 0 Å². The van der Waals surface area contributed by atoms with Crippen molar-refractivity contribution in [3.05, 3.63) is 0 Å². The van der Waals surface area contributed by atoms with Crippen molar-refractivity contribution in [3.8, 4) is 0 Å². The van der Waals surface area contributed by atoms with Crippen molar-refractivity contribution in [2.45, 2.75) is 108 Å². The minimum atomic E-state index is -1.34. The SMILES string of the molecule is CCCCC[C@@H]1C[C@@H](C(=O)N[C@H](C(C)C)[C@H]2O[C@H](SC)[C@H](O)[C@@H](O)[C@H]2O)N(CC(C)O)C1. The van der Waals surface area contributed by atoms with Crippen molar-refractivity contribution in [3.63, 3.8) is 0 Å². The maximum Gasteiger partial charge on any atom is 0.237 e. The third-order valence-corrected chi connectivity index (χ3v) is 7.58. The Hall–Kier alpha value is -0.420. The summed E-state index contributed by atoms with van der Waals surface area (Å²) in [6.07, 6.45) is 1.87. The molecule has 2 saturated heterocycles. The van der Waals surface area contributed by atoms with Gasteiger partial charge in [-0.25, -0.2) is 0 Å². The molecule has 2 aliphatic rings. The maximum absolute atomic E-state index is 13.4. The van der Waals surface area contributed by atoms with Crippen LogP contribution in [0.2, 0.25) is 0 Å². The molecule has 0 aromatic rings. The number of aliphatic hydroxyl groups excluding tert-OH is 4. The van der Waals surface area contributed by atoms with Gasteiger partial charge < -0.3 is 30.5 Å². The van der Waals surface area contributed by atoms with Crippen LogP contribution < -0.4 is 5.32 Å². The van der Waals surface area contributed by atoms with Gasteiger partial charge in [0.15, 0.2) is 0 Å². The number of amides is 1. The van der Waals surface area contributed by atoms with Crippen LogP contribution in [0.1, 0.15) is 59.8 Å². The van der Waals surface area contributed by atoms with Crippen molar-refractivity contribution in [2.75, 3.05) is 19.3 Å². The van der Waals surface area contributed by atoms with E-state index in [1.54, 1.807) is 13.2 Å². The van der Waals surface area contributed by atoms with Crippen molar-refractivity contribution < 1.29 is 30.0 Å². The molecule has 9 atom stereocenters. The van der Waals surface area contributed by atoms with Crippen LogP contribution in [0.15, 0.2) is 0 Å². The summed E-state index contributed by atoms with van der Waals surface area (Å²) in [4.78, 5) is 15.5. The summed E-state index contributed by atoms with van der Waals surface area (Å²) in [5.74, 6) is 0.220. The molecule has 0 saturated carbocycles. The summed E-state index contributed by atoms with van der Waals surface area (Å²) >= 11 is 1.26. The molecule has 2 rings (SSSR count). The monoisotopic (exact) mass is 476 g/mol. The van der Waals surface area contributed by atoms with Crippen molar-refractivity contribution in [1.82, 2.24) is 10.2 Å². The number of nitrogens with zero attached hydrogens (tertiary/aromatic N) is 1. The molecule has 2 fully saturated rings. The fourth-order valence-corrected chi connectivity index (χ4v) is 5.64. The van der Waals surface area contributed by atoms with Crippen LogP contribution in [0.25, 0.3) is 0 Å². The van der Waals surface area contributed by atoms with Gasteiger partial charge in [0.25, 0.3) is 0 Å². The average Bonchev–Trinajstić information content (AvgIpc) is 3.12. The summed E-state index contributed by atoms with van der Waals surface area (Å²) in [5.41, 5.74) is -0.683. The number of ether oxygens (including phenoxy) is 1. The molecule has 188 valence electrons. The molecule has 32 heavy (non-hydrogen) atoms. The lowest BCUT2D eigenvalue weighted by Gasteiger charge is -2.44. The topological polar surface area (TPSA) is 122 Å². The molecule has 2 aliphatic heterocycles. The first kappa shape index (κ1) is 27.8. The smallest absolute Gasteiger partial charge is 0.237 e. The van der Waals surface area contributed by atoms with Gasteiger partial charge in [0, 0.05) is 13.1 Å². The lowest BCUT2D eigenvalue weighted by molar-refractivity contribution is -0.208. The Bertz CT molecular complexity index is 579. The molecule has 1 amide bonds. The summed E-state index contributed by atoms with van der Waals surface area (Å²) < 4.78 is 5.93. The van der Waals surface area contributed by atoms with E-state index in [0.717, 1.165) is 32.2 Å². The molecule has 0 aliphatic carbocycles. The van der Waals surface area contributed by atoms with Crippen LogP contribution in [0.5, 0.6) is 0 Å². The van der Waals surface area contributed by atoms with Crippen LogP contribution in [-0.2, 0) is 9.53 Å². The Labute approximate surface area is 197 Å². The molecule has 0 spiro atoms. The Morgan fingerprint density at radius 1 is 1.16 bits per heavy atom. The second-order valence-corrected chi connectivity index (χ2v) is 10.8. The number of rotatable bonds is 11. The molecule has 5 N–H and O–H groups in total. The quantitative estimate of drug-likeness (QED) is 0.279. The predicted molar refractivity (Wildman–Crippen MR) is 126 cm³/mol. The molecule has 0 radical (unpaired) electrons. The highest BCUT2D eigenvalue weighted by molar-refractivity contribution is 7.99. The summed E-state index contributed by atoms with van der Waals surface area (Å²) in [7, 11) is 0. The van der Waals surface area contributed by atoms with E-state index in [0.29, 0.717) is 12.5 Å². The molecule has 2 heterocycles. The second-order valence-electron chi connectivity index (χ2n) is 9.87. The molecule has 9 heteroatoms. The highest BCUT2D eigenvalue weighted by atomic mass is 32.2. The van der Waals surface area contributed by atoms with E-state index >= 15 is 0 Å². The molecule has 0 aromatic carbocycles. The number of unbranched alkanes of at least 4 members (excludes halogenated alkanes) is 2. The van der Waals surface area contributed by atoms with Gasteiger partial charge in [0.1, 0.15) is 29.9 Å². The maximum atomic E-state index is 13.4. The summed E-state index contributed by atoms with van der Waals surface area (Å²) in [6.45, 7) is 9.01. The lowest BCUT2D eigenvalue weighted by Crippen LogP contribution is -2.64. The van der Waals surface area contributed by atoms with Crippen LogP contribution in [-0.4, -0.2) is 98.6 Å². The minimum Gasteiger partial charge on any atom is -0.392 e. The number of carbonyl (C=O) groups excluding carboxylic acids is 1. The first-order chi connectivity index (χ1) is 15.1. The number of likely N-dealkylation sites (tertiary alicyclic amines) is 1. The second kappa shape index (κ2) is 12.9. The number of aliphatic hydroxyl groups is 4.